The van der Waals surface area contributed by atoms with Crippen LogP contribution >= 0.6 is 0 Å². The van der Waals surface area contributed by atoms with Crippen LogP contribution in [0.2, 0.25) is 0 Å². The summed E-state index contributed by atoms with van der Waals surface area (Å²) in [6.07, 6.45) is 11.1. The smallest absolute Gasteiger partial charge is 0.272 e. The number of carbonyl (C=O) groups is 1. The molecule has 2 aromatic rings. The third kappa shape index (κ3) is 3.34. The Morgan fingerprint density at radius 2 is 2.14 bits per heavy atom. The first-order valence-corrected chi connectivity index (χ1v) is 10.6. The zero-order chi connectivity index (χ0) is 19.8. The molecule has 1 amide bonds. The predicted molar refractivity (Wildman–Crippen MR) is 105 cm³/mol. The van der Waals surface area contributed by atoms with Crippen LogP contribution in [0.1, 0.15) is 59.8 Å². The Hall–Kier alpha value is -2.32. The average molecular weight is 397 g/mol. The van der Waals surface area contributed by atoms with Gasteiger partial charge in [0.1, 0.15) is 0 Å². The molecule has 2 aliphatic carbocycles. The SMILES string of the molecule is O=C(N[C@H](CO)C1CCOCC1)c1nn(-c2cnccn2)c2c1C[C@@H]1CCC[C@@H]21. The first-order valence-electron chi connectivity index (χ1n) is 10.6. The Morgan fingerprint density at radius 3 is 2.90 bits per heavy atom. The van der Waals surface area contributed by atoms with Gasteiger partial charge in [0.15, 0.2) is 11.5 Å². The molecule has 8 nitrogen and oxygen atoms in total. The lowest BCUT2D eigenvalue weighted by atomic mass is 9.92. The van der Waals surface area contributed by atoms with E-state index < -0.39 is 0 Å². The lowest BCUT2D eigenvalue weighted by Crippen LogP contribution is -2.45. The van der Waals surface area contributed by atoms with Crippen molar-refractivity contribution in [3.8, 4) is 5.82 Å². The van der Waals surface area contributed by atoms with Crippen molar-refractivity contribution in [1.82, 2.24) is 25.1 Å². The standard InChI is InChI=1S/C21H27N5O3/c27-12-17(13-4-8-29-9-5-13)24-21(28)19-16-10-14-2-1-3-15(14)20(16)26(25-19)18-11-22-6-7-23-18/h6-7,11,13-15,17,27H,1-5,8-10,12H2,(H,24,28)/t14-,15+,17+/m0/s1. The first-order chi connectivity index (χ1) is 14.3. The lowest BCUT2D eigenvalue weighted by molar-refractivity contribution is 0.0418. The van der Waals surface area contributed by atoms with E-state index in [1.165, 1.54) is 12.8 Å². The lowest BCUT2D eigenvalue weighted by Gasteiger charge is -2.29. The van der Waals surface area contributed by atoms with Crippen LogP contribution in [-0.4, -0.2) is 56.6 Å². The van der Waals surface area contributed by atoms with Crippen LogP contribution in [0.5, 0.6) is 0 Å². The topological polar surface area (TPSA) is 102 Å². The van der Waals surface area contributed by atoms with Crippen LogP contribution in [0.15, 0.2) is 18.6 Å². The van der Waals surface area contributed by atoms with Gasteiger partial charge in [0.2, 0.25) is 0 Å². The van der Waals surface area contributed by atoms with Gasteiger partial charge >= 0.3 is 0 Å². The highest BCUT2D eigenvalue weighted by atomic mass is 16.5. The van der Waals surface area contributed by atoms with Crippen molar-refractivity contribution in [2.24, 2.45) is 11.8 Å². The number of aliphatic hydroxyl groups excluding tert-OH is 1. The maximum absolute atomic E-state index is 13.2. The number of nitrogens with one attached hydrogen (secondary N) is 1. The van der Waals surface area contributed by atoms with E-state index in [-0.39, 0.29) is 24.5 Å². The van der Waals surface area contributed by atoms with Gasteiger partial charge < -0.3 is 15.2 Å². The molecule has 2 N–H and O–H groups in total. The molecule has 3 aliphatic rings. The van der Waals surface area contributed by atoms with Gasteiger partial charge in [-0.1, -0.05) is 6.42 Å². The molecule has 3 heterocycles. The van der Waals surface area contributed by atoms with Gasteiger partial charge in [-0.2, -0.15) is 5.10 Å². The largest absolute Gasteiger partial charge is 0.394 e. The number of nitrogens with zero attached hydrogens (tertiary/aromatic N) is 4. The summed E-state index contributed by atoms with van der Waals surface area (Å²) in [5.41, 5.74) is 2.65. The molecule has 2 fully saturated rings. The minimum atomic E-state index is -0.274. The first kappa shape index (κ1) is 18.7. The number of hydrogen-bond donors (Lipinski definition) is 2. The second-order valence-electron chi connectivity index (χ2n) is 8.40. The summed E-state index contributed by atoms with van der Waals surface area (Å²) in [4.78, 5) is 21.8. The van der Waals surface area contributed by atoms with Crippen molar-refractivity contribution < 1.29 is 14.6 Å². The number of hydrogen-bond acceptors (Lipinski definition) is 6. The Kier molecular flexibility index (Phi) is 5.05. The van der Waals surface area contributed by atoms with Gasteiger partial charge in [-0.3, -0.25) is 9.78 Å². The van der Waals surface area contributed by atoms with Crippen LogP contribution in [0.4, 0.5) is 0 Å². The zero-order valence-electron chi connectivity index (χ0n) is 16.5. The van der Waals surface area contributed by atoms with Crippen molar-refractivity contribution >= 4 is 5.91 Å². The second-order valence-corrected chi connectivity index (χ2v) is 8.40. The van der Waals surface area contributed by atoms with Crippen LogP contribution in [0, 0.1) is 11.8 Å². The highest BCUT2D eigenvalue weighted by molar-refractivity contribution is 5.94. The average Bonchev–Trinajstić information content (AvgIpc) is 3.45. The van der Waals surface area contributed by atoms with Gasteiger partial charge in [-0.05, 0) is 43.9 Å². The number of ether oxygens (including phenoxy) is 1. The Balaban J connectivity index is 1.46. The molecule has 0 unspecified atom stereocenters. The fraction of sp³-hybridized carbons (Fsp3) is 0.619. The number of fused-ring (bicyclic) bond motifs is 3. The molecule has 154 valence electrons. The molecular formula is C21H27N5O3. The summed E-state index contributed by atoms with van der Waals surface area (Å²) in [5.74, 6) is 1.70. The van der Waals surface area contributed by atoms with Gasteiger partial charge in [-0.15, -0.1) is 0 Å². The van der Waals surface area contributed by atoms with Gasteiger partial charge in [0.05, 0.1) is 24.5 Å². The van der Waals surface area contributed by atoms with Crippen LogP contribution in [-0.2, 0) is 11.2 Å². The van der Waals surface area contributed by atoms with Gasteiger partial charge in [0, 0.05) is 37.1 Å². The van der Waals surface area contributed by atoms with E-state index in [4.69, 9.17) is 9.84 Å². The number of aliphatic hydroxyl groups is 1. The molecule has 1 aliphatic heterocycles. The molecule has 0 spiro atoms. The molecule has 3 atom stereocenters. The molecule has 29 heavy (non-hydrogen) atoms. The third-order valence-electron chi connectivity index (χ3n) is 6.83. The highest BCUT2D eigenvalue weighted by Crippen LogP contribution is 2.49. The summed E-state index contributed by atoms with van der Waals surface area (Å²) >= 11 is 0. The molecule has 8 heteroatoms. The summed E-state index contributed by atoms with van der Waals surface area (Å²) < 4.78 is 7.25. The minimum absolute atomic E-state index is 0.0747. The highest BCUT2D eigenvalue weighted by Gasteiger charge is 2.43. The fourth-order valence-corrected chi connectivity index (χ4v) is 5.37. The van der Waals surface area contributed by atoms with Crippen LogP contribution < -0.4 is 5.32 Å². The third-order valence-corrected chi connectivity index (χ3v) is 6.83. The normalized spacial score (nSPS) is 24.9. The van der Waals surface area contributed by atoms with E-state index >= 15 is 0 Å². The predicted octanol–water partition coefficient (Wildman–Crippen LogP) is 1.62. The Bertz CT molecular complexity index is 878. The van der Waals surface area contributed by atoms with Gasteiger partial charge in [-0.25, -0.2) is 9.67 Å². The Morgan fingerprint density at radius 1 is 1.28 bits per heavy atom. The fourth-order valence-electron chi connectivity index (χ4n) is 5.37. The van der Waals surface area contributed by atoms with E-state index in [0.717, 1.165) is 36.9 Å². The molecule has 0 bridgehead atoms. The van der Waals surface area contributed by atoms with E-state index in [1.54, 1.807) is 18.6 Å². The number of aromatic nitrogens is 4. The summed E-state index contributed by atoms with van der Waals surface area (Å²) in [6.45, 7) is 1.28. The van der Waals surface area contributed by atoms with E-state index in [2.05, 4.69) is 15.3 Å². The van der Waals surface area contributed by atoms with E-state index in [9.17, 15) is 9.90 Å². The van der Waals surface area contributed by atoms with Crippen molar-refractivity contribution in [3.63, 3.8) is 0 Å². The number of carbonyl (C=O) groups excluding carboxylic acids is 1. The minimum Gasteiger partial charge on any atom is -0.394 e. The Labute approximate surface area is 169 Å². The van der Waals surface area contributed by atoms with Crippen molar-refractivity contribution in [2.75, 3.05) is 19.8 Å². The molecule has 1 saturated carbocycles. The van der Waals surface area contributed by atoms with Crippen LogP contribution in [0.3, 0.4) is 0 Å². The molecule has 0 radical (unpaired) electrons. The maximum Gasteiger partial charge on any atom is 0.272 e. The van der Waals surface area contributed by atoms with E-state index in [0.29, 0.717) is 36.6 Å². The summed E-state index contributed by atoms with van der Waals surface area (Å²) in [7, 11) is 0. The summed E-state index contributed by atoms with van der Waals surface area (Å²) in [5, 5.41) is 17.6. The quantitative estimate of drug-likeness (QED) is 0.795. The molecular weight excluding hydrogens is 370 g/mol. The van der Waals surface area contributed by atoms with Crippen LogP contribution in [0.25, 0.3) is 5.82 Å². The second kappa shape index (κ2) is 7.84. The maximum atomic E-state index is 13.2. The summed E-state index contributed by atoms with van der Waals surface area (Å²) in [6, 6.07) is -0.274. The molecule has 2 aromatic heterocycles. The number of rotatable bonds is 5. The zero-order valence-corrected chi connectivity index (χ0v) is 16.5. The van der Waals surface area contributed by atoms with Crippen molar-refractivity contribution in [1.29, 1.82) is 0 Å². The molecule has 1 saturated heterocycles. The van der Waals surface area contributed by atoms with Crippen molar-refractivity contribution in [2.45, 2.75) is 50.5 Å². The monoisotopic (exact) mass is 397 g/mol. The van der Waals surface area contributed by atoms with Crippen molar-refractivity contribution in [3.05, 3.63) is 35.5 Å². The molecule has 5 rings (SSSR count). The number of amides is 1. The van der Waals surface area contributed by atoms with Gasteiger partial charge in [0.25, 0.3) is 5.91 Å². The molecule has 0 aromatic carbocycles. The van der Waals surface area contributed by atoms with E-state index in [1.807, 2.05) is 4.68 Å².